The van der Waals surface area contributed by atoms with Gasteiger partial charge in [-0.2, -0.15) is 0 Å². The average Bonchev–Trinajstić information content (AvgIpc) is 2.93. The van der Waals surface area contributed by atoms with E-state index in [-0.39, 0.29) is 5.54 Å². The minimum Gasteiger partial charge on any atom is -0.396 e. The van der Waals surface area contributed by atoms with Gasteiger partial charge in [0, 0.05) is 5.54 Å². The molecule has 0 amide bonds. The Labute approximate surface area is 95.0 Å². The Hall–Kier alpha value is -0.960. The number of hydrogen-bond acceptors (Lipinski definition) is 3. The molecular formula is C11H16ClN3. The van der Waals surface area contributed by atoms with Crippen LogP contribution in [0.4, 0.5) is 11.5 Å². The van der Waals surface area contributed by atoms with E-state index in [2.05, 4.69) is 24.1 Å². The van der Waals surface area contributed by atoms with Crippen molar-refractivity contribution in [3.8, 4) is 0 Å². The van der Waals surface area contributed by atoms with Crippen LogP contribution >= 0.6 is 11.6 Å². The molecule has 0 aromatic carbocycles. The Morgan fingerprint density at radius 2 is 2.13 bits per heavy atom. The van der Waals surface area contributed by atoms with Crippen molar-refractivity contribution in [2.75, 3.05) is 11.1 Å². The maximum absolute atomic E-state index is 5.83. The van der Waals surface area contributed by atoms with Crippen molar-refractivity contribution in [2.24, 2.45) is 5.92 Å². The standard InChI is InChI=1S/C11H16ClN3/c1-11(2,7-3-4-7)15-10-8(13)5-6-9(12)14-10/h5-7H,3-4,13H2,1-2H3,(H,14,15). The fourth-order valence-electron chi connectivity index (χ4n) is 1.76. The second-order valence-electron chi connectivity index (χ2n) is 4.69. The highest BCUT2D eigenvalue weighted by atomic mass is 35.5. The Morgan fingerprint density at radius 3 is 2.73 bits per heavy atom. The molecule has 0 aliphatic heterocycles. The number of halogens is 1. The van der Waals surface area contributed by atoms with Crippen LogP contribution in [0.25, 0.3) is 0 Å². The average molecular weight is 226 g/mol. The van der Waals surface area contributed by atoms with E-state index in [9.17, 15) is 0 Å². The molecule has 1 aliphatic carbocycles. The van der Waals surface area contributed by atoms with Crippen molar-refractivity contribution in [3.05, 3.63) is 17.3 Å². The van der Waals surface area contributed by atoms with Crippen molar-refractivity contribution in [1.29, 1.82) is 0 Å². The molecule has 1 heterocycles. The lowest BCUT2D eigenvalue weighted by Gasteiger charge is -2.27. The molecule has 1 aromatic heterocycles. The van der Waals surface area contributed by atoms with E-state index < -0.39 is 0 Å². The minimum atomic E-state index is 0.0474. The summed E-state index contributed by atoms with van der Waals surface area (Å²) in [6.07, 6.45) is 2.56. The highest BCUT2D eigenvalue weighted by Crippen LogP contribution is 2.41. The van der Waals surface area contributed by atoms with Crippen LogP contribution in [0, 0.1) is 5.92 Å². The highest BCUT2D eigenvalue weighted by molar-refractivity contribution is 6.29. The van der Waals surface area contributed by atoms with Gasteiger partial charge in [0.25, 0.3) is 0 Å². The number of nitrogens with zero attached hydrogens (tertiary/aromatic N) is 1. The van der Waals surface area contributed by atoms with E-state index in [1.54, 1.807) is 12.1 Å². The van der Waals surface area contributed by atoms with E-state index in [0.717, 1.165) is 5.92 Å². The fourth-order valence-corrected chi connectivity index (χ4v) is 1.91. The molecule has 1 fully saturated rings. The Kier molecular flexibility index (Phi) is 2.51. The van der Waals surface area contributed by atoms with Crippen LogP contribution in [0.1, 0.15) is 26.7 Å². The molecular weight excluding hydrogens is 210 g/mol. The van der Waals surface area contributed by atoms with Crippen molar-refractivity contribution < 1.29 is 0 Å². The van der Waals surface area contributed by atoms with E-state index in [1.165, 1.54) is 12.8 Å². The van der Waals surface area contributed by atoms with Gasteiger partial charge in [-0.15, -0.1) is 0 Å². The van der Waals surface area contributed by atoms with Crippen LogP contribution in [-0.4, -0.2) is 10.5 Å². The number of nitrogens with two attached hydrogens (primary N) is 1. The third-order valence-electron chi connectivity index (χ3n) is 2.93. The van der Waals surface area contributed by atoms with Crippen LogP contribution in [0.2, 0.25) is 5.15 Å². The quantitative estimate of drug-likeness (QED) is 0.778. The summed E-state index contributed by atoms with van der Waals surface area (Å²) in [6.45, 7) is 4.35. The van der Waals surface area contributed by atoms with Crippen LogP contribution in [0.3, 0.4) is 0 Å². The molecule has 0 saturated heterocycles. The molecule has 0 unspecified atom stereocenters. The minimum absolute atomic E-state index is 0.0474. The maximum atomic E-state index is 5.83. The SMILES string of the molecule is CC(C)(Nc1nc(Cl)ccc1N)C1CC1. The predicted octanol–water partition coefficient (Wildman–Crippen LogP) is 2.92. The monoisotopic (exact) mass is 225 g/mol. The van der Waals surface area contributed by atoms with E-state index in [0.29, 0.717) is 16.7 Å². The summed E-state index contributed by atoms with van der Waals surface area (Å²) in [5.74, 6) is 1.41. The lowest BCUT2D eigenvalue weighted by Crippen LogP contribution is -2.34. The van der Waals surface area contributed by atoms with Crippen molar-refractivity contribution in [2.45, 2.75) is 32.2 Å². The third kappa shape index (κ3) is 2.34. The largest absolute Gasteiger partial charge is 0.396 e. The number of anilines is 2. The summed E-state index contributed by atoms with van der Waals surface area (Å²) in [4.78, 5) is 4.20. The Morgan fingerprint density at radius 1 is 1.47 bits per heavy atom. The Bertz CT molecular complexity index is 372. The van der Waals surface area contributed by atoms with Crippen LogP contribution < -0.4 is 11.1 Å². The van der Waals surface area contributed by atoms with Crippen LogP contribution in [0.15, 0.2) is 12.1 Å². The van der Waals surface area contributed by atoms with Gasteiger partial charge in [0.15, 0.2) is 5.82 Å². The second-order valence-corrected chi connectivity index (χ2v) is 5.08. The smallest absolute Gasteiger partial charge is 0.151 e. The zero-order valence-corrected chi connectivity index (χ0v) is 9.80. The first-order valence-corrected chi connectivity index (χ1v) is 5.57. The summed E-state index contributed by atoms with van der Waals surface area (Å²) >= 11 is 5.83. The number of aromatic nitrogens is 1. The molecule has 1 aromatic rings. The number of nitrogens with one attached hydrogen (secondary N) is 1. The predicted molar refractivity (Wildman–Crippen MR) is 64.1 cm³/mol. The van der Waals surface area contributed by atoms with Crippen molar-refractivity contribution >= 4 is 23.1 Å². The molecule has 3 N–H and O–H groups in total. The lowest BCUT2D eigenvalue weighted by atomic mass is 9.99. The molecule has 4 heteroatoms. The third-order valence-corrected chi connectivity index (χ3v) is 3.14. The van der Waals surface area contributed by atoms with Gasteiger partial charge in [-0.1, -0.05) is 11.6 Å². The number of nitrogen functional groups attached to an aromatic ring is 1. The van der Waals surface area contributed by atoms with E-state index in [4.69, 9.17) is 17.3 Å². The zero-order valence-electron chi connectivity index (χ0n) is 9.05. The van der Waals surface area contributed by atoms with Crippen LogP contribution in [-0.2, 0) is 0 Å². The van der Waals surface area contributed by atoms with Gasteiger partial charge >= 0.3 is 0 Å². The normalized spacial score (nSPS) is 16.5. The Balaban J connectivity index is 2.19. The molecule has 0 spiro atoms. The first-order chi connectivity index (χ1) is 6.99. The van der Waals surface area contributed by atoms with E-state index >= 15 is 0 Å². The molecule has 3 nitrogen and oxygen atoms in total. The van der Waals surface area contributed by atoms with Gasteiger partial charge < -0.3 is 11.1 Å². The number of rotatable bonds is 3. The van der Waals surface area contributed by atoms with Gasteiger partial charge in [0.2, 0.25) is 0 Å². The molecule has 2 rings (SSSR count). The van der Waals surface area contributed by atoms with Gasteiger partial charge in [0.1, 0.15) is 5.15 Å². The molecule has 0 atom stereocenters. The van der Waals surface area contributed by atoms with Crippen molar-refractivity contribution in [3.63, 3.8) is 0 Å². The summed E-state index contributed by atoms with van der Waals surface area (Å²) in [5, 5.41) is 3.84. The lowest BCUT2D eigenvalue weighted by molar-refractivity contribution is 0.493. The number of hydrogen-bond donors (Lipinski definition) is 2. The zero-order chi connectivity index (χ0) is 11.1. The molecule has 0 bridgehead atoms. The molecule has 82 valence electrons. The molecule has 1 aliphatic rings. The first-order valence-electron chi connectivity index (χ1n) is 5.19. The maximum Gasteiger partial charge on any atom is 0.151 e. The molecule has 1 saturated carbocycles. The number of pyridine rings is 1. The van der Waals surface area contributed by atoms with Crippen LogP contribution in [0.5, 0.6) is 0 Å². The summed E-state index contributed by atoms with van der Waals surface area (Å²) in [7, 11) is 0. The second kappa shape index (κ2) is 3.56. The summed E-state index contributed by atoms with van der Waals surface area (Å²) in [5.41, 5.74) is 6.53. The summed E-state index contributed by atoms with van der Waals surface area (Å²) in [6, 6.07) is 3.48. The van der Waals surface area contributed by atoms with Gasteiger partial charge in [0.05, 0.1) is 5.69 Å². The summed E-state index contributed by atoms with van der Waals surface area (Å²) < 4.78 is 0. The highest BCUT2D eigenvalue weighted by Gasteiger charge is 2.38. The van der Waals surface area contributed by atoms with Crippen molar-refractivity contribution in [1.82, 2.24) is 4.98 Å². The van der Waals surface area contributed by atoms with Gasteiger partial charge in [-0.3, -0.25) is 0 Å². The molecule has 15 heavy (non-hydrogen) atoms. The van der Waals surface area contributed by atoms with Gasteiger partial charge in [-0.05, 0) is 44.7 Å². The molecule has 0 radical (unpaired) electrons. The topological polar surface area (TPSA) is 50.9 Å². The fraction of sp³-hybridized carbons (Fsp3) is 0.545. The first kappa shape index (κ1) is 10.6. The van der Waals surface area contributed by atoms with Gasteiger partial charge in [-0.25, -0.2) is 4.98 Å². The van der Waals surface area contributed by atoms with E-state index in [1.807, 2.05) is 0 Å².